The Morgan fingerprint density at radius 1 is 1.19 bits per heavy atom. The van der Waals surface area contributed by atoms with Crippen molar-refractivity contribution in [3.8, 4) is 5.88 Å². The highest BCUT2D eigenvalue weighted by Crippen LogP contribution is 2.32. The molecule has 2 atom stereocenters. The monoisotopic (exact) mass is 383 g/mol. The van der Waals surface area contributed by atoms with Crippen molar-refractivity contribution in [2.45, 2.75) is 41.6 Å². The molecule has 1 N–H and O–H groups in total. The zero-order valence-electron chi connectivity index (χ0n) is 15.7. The molecule has 1 aromatic carbocycles. The molecule has 3 aliphatic rings. The lowest BCUT2D eigenvalue weighted by Crippen LogP contribution is -2.62. The van der Waals surface area contributed by atoms with Gasteiger partial charge in [-0.3, -0.25) is 9.69 Å². The summed E-state index contributed by atoms with van der Waals surface area (Å²) in [7, 11) is 1.61. The van der Waals surface area contributed by atoms with E-state index in [2.05, 4.69) is 22.1 Å². The van der Waals surface area contributed by atoms with Gasteiger partial charge in [0.05, 0.1) is 7.11 Å². The third-order valence-electron chi connectivity index (χ3n) is 5.74. The number of carbonyl (C=O) groups excluding carboxylic acids is 1. The minimum Gasteiger partial charge on any atom is -0.481 e. The second-order valence-electron chi connectivity index (χ2n) is 7.27. The number of hydrogen-bond acceptors (Lipinski definition) is 5. The first kappa shape index (κ1) is 18.3. The van der Waals surface area contributed by atoms with Crippen molar-refractivity contribution in [3.05, 3.63) is 48.2 Å². The van der Waals surface area contributed by atoms with Gasteiger partial charge in [-0.05, 0) is 69.1 Å². The number of nitrogens with one attached hydrogen (secondary N) is 1. The van der Waals surface area contributed by atoms with E-state index in [-0.39, 0.29) is 11.9 Å². The summed E-state index contributed by atoms with van der Waals surface area (Å²) in [6.45, 7) is 4.58. The molecule has 2 bridgehead atoms. The molecule has 6 heteroatoms. The number of ether oxygens (including phenoxy) is 1. The molecule has 1 amide bonds. The molecule has 3 fully saturated rings. The summed E-state index contributed by atoms with van der Waals surface area (Å²) in [5.74, 6) is 1.25. The number of piperidine rings is 3. The number of pyridine rings is 1. The van der Waals surface area contributed by atoms with Gasteiger partial charge in [-0.2, -0.15) is 0 Å². The van der Waals surface area contributed by atoms with Crippen LogP contribution >= 0.6 is 11.8 Å². The van der Waals surface area contributed by atoms with Crippen LogP contribution in [-0.2, 0) is 0 Å². The number of benzene rings is 1. The number of rotatable bonds is 5. The fourth-order valence-corrected chi connectivity index (χ4v) is 4.99. The van der Waals surface area contributed by atoms with Crippen molar-refractivity contribution < 1.29 is 9.53 Å². The summed E-state index contributed by atoms with van der Waals surface area (Å²) in [5, 5.41) is 3.29. The number of nitrogens with zero attached hydrogens (tertiary/aromatic N) is 2. The molecule has 3 saturated heterocycles. The first-order valence-electron chi connectivity index (χ1n) is 9.47. The average molecular weight is 384 g/mol. The molecule has 142 valence electrons. The average Bonchev–Trinajstić information content (AvgIpc) is 2.71. The smallest absolute Gasteiger partial charge is 0.251 e. The highest BCUT2D eigenvalue weighted by molar-refractivity contribution is 7.99. The van der Waals surface area contributed by atoms with Crippen molar-refractivity contribution >= 4 is 17.7 Å². The molecular weight excluding hydrogens is 358 g/mol. The summed E-state index contributed by atoms with van der Waals surface area (Å²) in [4.78, 5) is 21.5. The molecule has 2 unspecified atom stereocenters. The lowest BCUT2D eigenvalue weighted by atomic mass is 9.79. The molecule has 3 aliphatic heterocycles. The predicted octanol–water partition coefficient (Wildman–Crippen LogP) is 3.45. The van der Waals surface area contributed by atoms with Crippen molar-refractivity contribution in [2.75, 3.05) is 20.2 Å². The minimum absolute atomic E-state index is 0.0303. The Morgan fingerprint density at radius 2 is 1.93 bits per heavy atom. The van der Waals surface area contributed by atoms with Crippen LogP contribution in [0.1, 0.15) is 30.1 Å². The highest BCUT2D eigenvalue weighted by atomic mass is 32.2. The van der Waals surface area contributed by atoms with Gasteiger partial charge in [0.15, 0.2) is 0 Å². The largest absolute Gasteiger partial charge is 0.481 e. The molecule has 0 aliphatic carbocycles. The van der Waals surface area contributed by atoms with Gasteiger partial charge in [0.1, 0.15) is 0 Å². The Bertz CT molecular complexity index is 801. The molecular formula is C21H25N3O2S. The van der Waals surface area contributed by atoms with Gasteiger partial charge in [0.2, 0.25) is 5.88 Å². The van der Waals surface area contributed by atoms with Crippen LogP contribution in [0, 0.1) is 5.92 Å². The van der Waals surface area contributed by atoms with Gasteiger partial charge < -0.3 is 10.1 Å². The van der Waals surface area contributed by atoms with E-state index in [1.165, 1.54) is 25.9 Å². The number of aromatic nitrogens is 1. The molecule has 0 saturated carbocycles. The van der Waals surface area contributed by atoms with Gasteiger partial charge in [0, 0.05) is 39.7 Å². The molecule has 27 heavy (non-hydrogen) atoms. The van der Waals surface area contributed by atoms with Crippen LogP contribution < -0.4 is 10.1 Å². The molecule has 0 spiro atoms. The Balaban J connectivity index is 1.40. The molecule has 5 nitrogen and oxygen atoms in total. The molecule has 0 radical (unpaired) electrons. The Kier molecular flexibility index (Phi) is 5.36. The van der Waals surface area contributed by atoms with Crippen molar-refractivity contribution in [1.29, 1.82) is 0 Å². The third kappa shape index (κ3) is 3.96. The Hall–Kier alpha value is -2.05. The van der Waals surface area contributed by atoms with Crippen LogP contribution in [0.5, 0.6) is 5.88 Å². The fourth-order valence-electron chi connectivity index (χ4n) is 4.16. The first-order valence-corrected chi connectivity index (χ1v) is 10.3. The number of hydrogen-bond donors (Lipinski definition) is 1. The van der Waals surface area contributed by atoms with E-state index < -0.39 is 0 Å². The van der Waals surface area contributed by atoms with E-state index in [4.69, 9.17) is 4.74 Å². The molecule has 4 heterocycles. The van der Waals surface area contributed by atoms with Gasteiger partial charge in [0.25, 0.3) is 5.91 Å². The maximum absolute atomic E-state index is 12.7. The van der Waals surface area contributed by atoms with E-state index >= 15 is 0 Å². The SMILES string of the molecule is COc1cc(Sc2ccc(C(=O)NC3C4CCN(CC4)C3C)cc2)ccn1. The first-order chi connectivity index (χ1) is 13.1. The lowest BCUT2D eigenvalue weighted by Gasteiger charge is -2.49. The van der Waals surface area contributed by atoms with Gasteiger partial charge in [-0.1, -0.05) is 11.8 Å². The van der Waals surface area contributed by atoms with Crippen molar-refractivity contribution in [2.24, 2.45) is 5.92 Å². The predicted molar refractivity (Wildman–Crippen MR) is 106 cm³/mol. The standard InChI is InChI=1S/C21H25N3O2S/c1-14-20(15-8-11-24(14)12-9-15)23-21(25)16-3-5-17(6-4-16)27-18-7-10-22-19(13-18)26-2/h3-7,10,13-15,20H,8-9,11-12H2,1-2H3,(H,23,25). The van der Waals surface area contributed by atoms with Crippen molar-refractivity contribution in [1.82, 2.24) is 15.2 Å². The van der Waals surface area contributed by atoms with Crippen LogP contribution in [0.25, 0.3) is 0 Å². The van der Waals surface area contributed by atoms with E-state index in [9.17, 15) is 4.79 Å². The van der Waals surface area contributed by atoms with Gasteiger partial charge >= 0.3 is 0 Å². The van der Waals surface area contributed by atoms with Crippen molar-refractivity contribution in [3.63, 3.8) is 0 Å². The minimum atomic E-state index is 0.0303. The zero-order chi connectivity index (χ0) is 18.8. The zero-order valence-corrected chi connectivity index (χ0v) is 16.5. The number of fused-ring (bicyclic) bond motifs is 3. The third-order valence-corrected chi connectivity index (χ3v) is 6.74. The van der Waals surface area contributed by atoms with Crippen LogP contribution in [0.2, 0.25) is 0 Å². The highest BCUT2D eigenvalue weighted by Gasteiger charge is 2.40. The summed E-state index contributed by atoms with van der Waals surface area (Å²) in [6, 6.07) is 12.3. The quantitative estimate of drug-likeness (QED) is 0.857. The summed E-state index contributed by atoms with van der Waals surface area (Å²) in [6.07, 6.45) is 4.12. The number of carbonyl (C=O) groups is 1. The summed E-state index contributed by atoms with van der Waals surface area (Å²) >= 11 is 1.63. The summed E-state index contributed by atoms with van der Waals surface area (Å²) in [5.41, 5.74) is 0.718. The maximum Gasteiger partial charge on any atom is 0.251 e. The second kappa shape index (κ2) is 7.90. The molecule has 5 rings (SSSR count). The number of amides is 1. The van der Waals surface area contributed by atoms with E-state index in [1.807, 2.05) is 36.4 Å². The van der Waals surface area contributed by atoms with E-state index in [0.717, 1.165) is 15.4 Å². The van der Waals surface area contributed by atoms with Gasteiger partial charge in [-0.15, -0.1) is 0 Å². The second-order valence-corrected chi connectivity index (χ2v) is 8.42. The topological polar surface area (TPSA) is 54.5 Å². The normalized spacial score (nSPS) is 26.6. The Morgan fingerprint density at radius 3 is 2.59 bits per heavy atom. The summed E-state index contributed by atoms with van der Waals surface area (Å²) < 4.78 is 5.16. The Labute approximate surface area is 164 Å². The molecule has 2 aromatic rings. The van der Waals surface area contributed by atoms with E-state index in [0.29, 0.717) is 17.8 Å². The molecule has 1 aromatic heterocycles. The van der Waals surface area contributed by atoms with Crippen LogP contribution in [0.3, 0.4) is 0 Å². The van der Waals surface area contributed by atoms with Crippen LogP contribution in [-0.4, -0.2) is 48.1 Å². The number of methoxy groups -OCH3 is 1. The van der Waals surface area contributed by atoms with E-state index in [1.54, 1.807) is 25.1 Å². The maximum atomic E-state index is 12.7. The van der Waals surface area contributed by atoms with Gasteiger partial charge in [-0.25, -0.2) is 4.98 Å². The fraction of sp³-hybridized carbons (Fsp3) is 0.429. The lowest BCUT2D eigenvalue weighted by molar-refractivity contribution is 0.0217. The van der Waals surface area contributed by atoms with Crippen LogP contribution in [0.15, 0.2) is 52.4 Å². The van der Waals surface area contributed by atoms with Crippen LogP contribution in [0.4, 0.5) is 0 Å².